The molecule has 3 nitrogen and oxygen atoms in total. The predicted octanol–water partition coefficient (Wildman–Crippen LogP) is 2.35. The van der Waals surface area contributed by atoms with Crippen LogP contribution in [-0.2, 0) is 6.54 Å². The molecule has 1 fully saturated rings. The van der Waals surface area contributed by atoms with Crippen molar-refractivity contribution in [3.63, 3.8) is 0 Å². The highest BCUT2D eigenvalue weighted by molar-refractivity contribution is 7.99. The lowest BCUT2D eigenvalue weighted by Gasteiger charge is -2.44. The van der Waals surface area contributed by atoms with Gasteiger partial charge in [0.05, 0.1) is 7.11 Å². The summed E-state index contributed by atoms with van der Waals surface area (Å²) in [5, 5.41) is 0. The number of methoxy groups -OCH3 is 1. The maximum Gasteiger partial charge on any atom is 0.123 e. The lowest BCUT2D eigenvalue weighted by Crippen LogP contribution is -2.53. The molecule has 2 rings (SSSR count). The number of thioether (sulfide) groups is 1. The Hall–Kier alpha value is -0.710. The van der Waals surface area contributed by atoms with E-state index in [1.54, 1.807) is 7.11 Å². The van der Waals surface area contributed by atoms with Crippen molar-refractivity contribution < 1.29 is 4.74 Å². The molecule has 0 aromatic heterocycles. The van der Waals surface area contributed by atoms with Crippen LogP contribution in [0.25, 0.3) is 0 Å². The van der Waals surface area contributed by atoms with Gasteiger partial charge in [-0.05, 0) is 37.5 Å². The summed E-state index contributed by atoms with van der Waals surface area (Å²) >= 11 is 2.04. The van der Waals surface area contributed by atoms with E-state index < -0.39 is 0 Å². The second-order valence-corrected chi connectivity index (χ2v) is 6.43. The molecular weight excluding hydrogens is 256 g/mol. The van der Waals surface area contributed by atoms with E-state index in [0.717, 1.165) is 18.8 Å². The van der Waals surface area contributed by atoms with Crippen molar-refractivity contribution in [3.8, 4) is 5.75 Å². The second-order valence-electron chi connectivity index (χ2n) is 5.21. The number of rotatable bonds is 5. The molecule has 0 aliphatic carbocycles. The van der Waals surface area contributed by atoms with Crippen molar-refractivity contribution in [2.45, 2.75) is 24.9 Å². The van der Waals surface area contributed by atoms with E-state index in [4.69, 9.17) is 10.5 Å². The molecular formula is C15H24N2OS. The Morgan fingerprint density at radius 3 is 2.63 bits per heavy atom. The zero-order valence-corrected chi connectivity index (χ0v) is 12.7. The molecule has 0 amide bonds. The van der Waals surface area contributed by atoms with Crippen molar-refractivity contribution in [1.82, 2.24) is 4.90 Å². The molecule has 2 N–H and O–H groups in total. The first-order valence-corrected chi connectivity index (χ1v) is 7.98. The molecule has 0 radical (unpaired) electrons. The summed E-state index contributed by atoms with van der Waals surface area (Å²) in [6.45, 7) is 1.63. The zero-order chi connectivity index (χ0) is 13.7. The monoisotopic (exact) mass is 280 g/mol. The first-order chi connectivity index (χ1) is 9.22. The van der Waals surface area contributed by atoms with E-state index in [0.29, 0.717) is 0 Å². The van der Waals surface area contributed by atoms with Crippen LogP contribution in [-0.4, -0.2) is 42.6 Å². The van der Waals surface area contributed by atoms with Crippen LogP contribution in [0.3, 0.4) is 0 Å². The average Bonchev–Trinajstić information content (AvgIpc) is 2.48. The Morgan fingerprint density at radius 1 is 1.32 bits per heavy atom. The molecule has 1 saturated heterocycles. The Balaban J connectivity index is 2.12. The van der Waals surface area contributed by atoms with Crippen LogP contribution in [0.1, 0.15) is 18.4 Å². The van der Waals surface area contributed by atoms with Crippen LogP contribution < -0.4 is 10.5 Å². The maximum atomic E-state index is 6.08. The van der Waals surface area contributed by atoms with E-state index in [-0.39, 0.29) is 5.54 Å². The quantitative estimate of drug-likeness (QED) is 0.898. The van der Waals surface area contributed by atoms with Gasteiger partial charge in [-0.3, -0.25) is 4.90 Å². The normalized spacial score (nSPS) is 18.5. The minimum Gasteiger partial charge on any atom is -0.496 e. The SMILES string of the molecule is COc1ccccc1CN(C)C1(CN)CCSCC1. The number of nitrogens with two attached hydrogens (primary N) is 1. The van der Waals surface area contributed by atoms with E-state index in [9.17, 15) is 0 Å². The van der Waals surface area contributed by atoms with Crippen molar-refractivity contribution in [1.29, 1.82) is 0 Å². The standard InChI is InChI=1S/C15H24N2OS/c1-17(15(12-16)7-9-19-10-8-15)11-13-5-3-4-6-14(13)18-2/h3-6H,7-12,16H2,1-2H3. The predicted molar refractivity (Wildman–Crippen MR) is 82.8 cm³/mol. The lowest BCUT2D eigenvalue weighted by atomic mass is 9.90. The summed E-state index contributed by atoms with van der Waals surface area (Å²) in [6.07, 6.45) is 2.36. The van der Waals surface area contributed by atoms with Gasteiger partial charge in [-0.15, -0.1) is 0 Å². The minimum atomic E-state index is 0.159. The molecule has 0 spiro atoms. The topological polar surface area (TPSA) is 38.5 Å². The average molecular weight is 280 g/mol. The second kappa shape index (κ2) is 6.64. The Bertz CT molecular complexity index is 405. The van der Waals surface area contributed by atoms with E-state index >= 15 is 0 Å². The van der Waals surface area contributed by atoms with Gasteiger partial charge in [0.2, 0.25) is 0 Å². The molecule has 19 heavy (non-hydrogen) atoms. The van der Waals surface area contributed by atoms with Crippen molar-refractivity contribution in [2.75, 3.05) is 32.2 Å². The summed E-state index contributed by atoms with van der Waals surface area (Å²) in [4.78, 5) is 2.42. The number of hydrogen-bond acceptors (Lipinski definition) is 4. The first-order valence-electron chi connectivity index (χ1n) is 6.83. The van der Waals surface area contributed by atoms with Gasteiger partial charge >= 0.3 is 0 Å². The number of hydrogen-bond donors (Lipinski definition) is 1. The van der Waals surface area contributed by atoms with Crippen LogP contribution in [0.15, 0.2) is 24.3 Å². The van der Waals surface area contributed by atoms with Gasteiger partial charge in [-0.25, -0.2) is 0 Å². The van der Waals surface area contributed by atoms with Crippen LogP contribution in [0.5, 0.6) is 5.75 Å². The van der Waals surface area contributed by atoms with Crippen LogP contribution >= 0.6 is 11.8 Å². The summed E-state index contributed by atoms with van der Waals surface area (Å²) < 4.78 is 5.44. The van der Waals surface area contributed by atoms with Gasteiger partial charge in [-0.2, -0.15) is 11.8 Å². The molecule has 0 bridgehead atoms. The van der Waals surface area contributed by atoms with Gasteiger partial charge in [0.25, 0.3) is 0 Å². The van der Waals surface area contributed by atoms with Gasteiger partial charge in [0.1, 0.15) is 5.75 Å². The van der Waals surface area contributed by atoms with Crippen LogP contribution in [0.2, 0.25) is 0 Å². The summed E-state index contributed by atoms with van der Waals surface area (Å²) in [6, 6.07) is 8.24. The molecule has 1 aromatic carbocycles. The highest BCUT2D eigenvalue weighted by Crippen LogP contribution is 2.32. The maximum absolute atomic E-state index is 6.08. The van der Waals surface area contributed by atoms with Gasteiger partial charge in [0.15, 0.2) is 0 Å². The molecule has 4 heteroatoms. The molecule has 0 saturated carbocycles. The molecule has 1 aliphatic heterocycles. The molecule has 1 aliphatic rings. The van der Waals surface area contributed by atoms with Crippen molar-refractivity contribution in [2.24, 2.45) is 5.73 Å². The summed E-state index contributed by atoms with van der Waals surface area (Å²) in [5.41, 5.74) is 7.47. The Kier molecular flexibility index (Phi) is 5.13. The number of para-hydroxylation sites is 1. The third kappa shape index (κ3) is 3.25. The number of ether oxygens (including phenoxy) is 1. The van der Waals surface area contributed by atoms with E-state index in [1.807, 2.05) is 23.9 Å². The molecule has 1 heterocycles. The first kappa shape index (κ1) is 14.7. The molecule has 0 atom stereocenters. The Labute approximate surface area is 120 Å². The van der Waals surface area contributed by atoms with Crippen LogP contribution in [0, 0.1) is 0 Å². The van der Waals surface area contributed by atoms with Crippen molar-refractivity contribution >= 4 is 11.8 Å². The highest BCUT2D eigenvalue weighted by Gasteiger charge is 2.35. The number of likely N-dealkylation sites (N-methyl/N-ethyl adjacent to an activating group) is 1. The smallest absolute Gasteiger partial charge is 0.123 e. The molecule has 1 aromatic rings. The zero-order valence-electron chi connectivity index (χ0n) is 11.9. The van der Waals surface area contributed by atoms with E-state index in [2.05, 4.69) is 24.1 Å². The molecule has 106 valence electrons. The molecule has 0 unspecified atom stereocenters. The highest BCUT2D eigenvalue weighted by atomic mass is 32.2. The summed E-state index contributed by atoms with van der Waals surface area (Å²) in [7, 11) is 3.92. The fourth-order valence-electron chi connectivity index (χ4n) is 2.75. The largest absolute Gasteiger partial charge is 0.496 e. The minimum absolute atomic E-state index is 0.159. The third-order valence-corrected chi connectivity index (χ3v) is 5.20. The summed E-state index contributed by atoms with van der Waals surface area (Å²) in [5.74, 6) is 3.40. The number of benzene rings is 1. The van der Waals surface area contributed by atoms with Gasteiger partial charge in [0, 0.05) is 24.2 Å². The van der Waals surface area contributed by atoms with Crippen LogP contribution in [0.4, 0.5) is 0 Å². The lowest BCUT2D eigenvalue weighted by molar-refractivity contribution is 0.106. The number of nitrogens with zero attached hydrogens (tertiary/aromatic N) is 1. The van der Waals surface area contributed by atoms with Gasteiger partial charge in [-0.1, -0.05) is 18.2 Å². The third-order valence-electron chi connectivity index (χ3n) is 4.21. The Morgan fingerprint density at radius 2 is 2.00 bits per heavy atom. The fraction of sp³-hybridized carbons (Fsp3) is 0.600. The fourth-order valence-corrected chi connectivity index (χ4v) is 4.00. The van der Waals surface area contributed by atoms with E-state index in [1.165, 1.54) is 29.9 Å². The van der Waals surface area contributed by atoms with Gasteiger partial charge < -0.3 is 10.5 Å². The van der Waals surface area contributed by atoms with Crippen molar-refractivity contribution in [3.05, 3.63) is 29.8 Å².